The molecule has 1 amide bonds. The monoisotopic (exact) mass is 304 g/mol. The smallest absolute Gasteiger partial charge is 0.224 e. The standard InChI is InChI=1S/C17H20FNO3/c18-13-5-1-10(2-6-13)7-8-19-16(20)14-11-3-4-12(9-11)15(14)17(21)22/h1-2,5-6,11-12,14-15H,3-4,7-9H2,(H,19,20)(H,21,22)/p-1/t11-,12+,14+,15+/m1/s1. The molecule has 3 rings (SSSR count). The maximum absolute atomic E-state index is 12.8. The van der Waals surface area contributed by atoms with Crippen LogP contribution in [0.25, 0.3) is 0 Å². The van der Waals surface area contributed by atoms with Crippen LogP contribution in [-0.2, 0) is 16.0 Å². The van der Waals surface area contributed by atoms with Crippen molar-refractivity contribution < 1.29 is 19.1 Å². The van der Waals surface area contributed by atoms with Crippen molar-refractivity contribution >= 4 is 11.9 Å². The van der Waals surface area contributed by atoms with Gasteiger partial charge in [0.15, 0.2) is 0 Å². The Morgan fingerprint density at radius 3 is 2.41 bits per heavy atom. The van der Waals surface area contributed by atoms with E-state index in [9.17, 15) is 19.1 Å². The average molecular weight is 304 g/mol. The van der Waals surface area contributed by atoms with Crippen molar-refractivity contribution in [1.29, 1.82) is 0 Å². The third kappa shape index (κ3) is 2.85. The molecule has 1 N–H and O–H groups in total. The molecule has 2 aliphatic rings. The quantitative estimate of drug-likeness (QED) is 0.878. The predicted molar refractivity (Wildman–Crippen MR) is 75.9 cm³/mol. The van der Waals surface area contributed by atoms with Crippen molar-refractivity contribution in [3.8, 4) is 0 Å². The molecule has 2 fully saturated rings. The molecule has 0 radical (unpaired) electrons. The second kappa shape index (κ2) is 6.07. The second-order valence-electron chi connectivity index (χ2n) is 6.37. The molecule has 0 heterocycles. The first-order valence-corrected chi connectivity index (χ1v) is 7.79. The SMILES string of the molecule is O=C([O-])[C@H]1[C@H]2CC[C@H](C2)[C@@H]1C(=O)NCCc1ccc(F)cc1. The number of halogens is 1. The van der Waals surface area contributed by atoms with Crippen LogP contribution in [0.2, 0.25) is 0 Å². The van der Waals surface area contributed by atoms with Crippen LogP contribution in [-0.4, -0.2) is 18.4 Å². The number of fused-ring (bicyclic) bond motifs is 2. The summed E-state index contributed by atoms with van der Waals surface area (Å²) in [6, 6.07) is 6.14. The summed E-state index contributed by atoms with van der Waals surface area (Å²) in [4.78, 5) is 23.6. The molecule has 0 unspecified atom stereocenters. The molecule has 0 spiro atoms. The van der Waals surface area contributed by atoms with Crippen molar-refractivity contribution in [2.45, 2.75) is 25.7 Å². The van der Waals surface area contributed by atoms with E-state index in [1.807, 2.05) is 0 Å². The van der Waals surface area contributed by atoms with Gasteiger partial charge < -0.3 is 15.2 Å². The van der Waals surface area contributed by atoms with Gasteiger partial charge in [-0.15, -0.1) is 0 Å². The topological polar surface area (TPSA) is 69.2 Å². The van der Waals surface area contributed by atoms with Crippen molar-refractivity contribution in [3.63, 3.8) is 0 Å². The summed E-state index contributed by atoms with van der Waals surface area (Å²) in [5.41, 5.74) is 0.936. The third-order valence-electron chi connectivity index (χ3n) is 5.12. The van der Waals surface area contributed by atoms with Crippen LogP contribution in [0.4, 0.5) is 4.39 Å². The van der Waals surface area contributed by atoms with Gasteiger partial charge in [-0.3, -0.25) is 4.79 Å². The van der Waals surface area contributed by atoms with E-state index in [-0.39, 0.29) is 23.6 Å². The van der Waals surface area contributed by atoms with Crippen molar-refractivity contribution in [2.24, 2.45) is 23.7 Å². The van der Waals surface area contributed by atoms with E-state index in [2.05, 4.69) is 5.32 Å². The summed E-state index contributed by atoms with van der Waals surface area (Å²) in [5, 5.41) is 14.1. The Labute approximate surface area is 128 Å². The molecule has 118 valence electrons. The van der Waals surface area contributed by atoms with Crippen LogP contribution in [0.1, 0.15) is 24.8 Å². The van der Waals surface area contributed by atoms with Gasteiger partial charge in [0.25, 0.3) is 0 Å². The predicted octanol–water partition coefficient (Wildman–Crippen LogP) is 0.897. The highest BCUT2D eigenvalue weighted by atomic mass is 19.1. The van der Waals surface area contributed by atoms with Crippen molar-refractivity contribution in [2.75, 3.05) is 6.54 Å². The molecule has 2 bridgehead atoms. The summed E-state index contributed by atoms with van der Waals surface area (Å²) < 4.78 is 12.8. The fraction of sp³-hybridized carbons (Fsp3) is 0.529. The van der Waals surface area contributed by atoms with Gasteiger partial charge in [-0.25, -0.2) is 4.39 Å². The number of nitrogens with one attached hydrogen (secondary N) is 1. The lowest BCUT2D eigenvalue weighted by molar-refractivity contribution is -0.314. The number of rotatable bonds is 5. The number of carbonyl (C=O) groups is 2. The molecule has 2 aliphatic carbocycles. The minimum atomic E-state index is -1.09. The van der Waals surface area contributed by atoms with Gasteiger partial charge in [0.05, 0.1) is 0 Å². The molecular formula is C17H19FNO3-. The van der Waals surface area contributed by atoms with Gasteiger partial charge in [0.1, 0.15) is 5.82 Å². The average Bonchev–Trinajstić information content (AvgIpc) is 3.09. The number of carbonyl (C=O) groups excluding carboxylic acids is 2. The van der Waals surface area contributed by atoms with Crippen LogP contribution in [0.5, 0.6) is 0 Å². The lowest BCUT2D eigenvalue weighted by Gasteiger charge is -2.30. The first-order valence-electron chi connectivity index (χ1n) is 7.79. The van der Waals surface area contributed by atoms with E-state index in [4.69, 9.17) is 0 Å². The Balaban J connectivity index is 1.55. The Bertz CT molecular complexity index is 572. The summed E-state index contributed by atoms with van der Waals surface area (Å²) >= 11 is 0. The highest BCUT2D eigenvalue weighted by Gasteiger charge is 2.51. The van der Waals surface area contributed by atoms with Crippen molar-refractivity contribution in [1.82, 2.24) is 5.32 Å². The number of carboxylic acids is 1. The number of hydrogen-bond acceptors (Lipinski definition) is 3. The highest BCUT2D eigenvalue weighted by Crippen LogP contribution is 2.52. The van der Waals surface area contributed by atoms with E-state index in [0.29, 0.717) is 13.0 Å². The van der Waals surface area contributed by atoms with E-state index in [1.165, 1.54) is 12.1 Å². The summed E-state index contributed by atoms with van der Waals surface area (Å²) in [5.74, 6) is -2.36. The molecule has 0 saturated heterocycles. The zero-order valence-corrected chi connectivity index (χ0v) is 12.3. The van der Waals surface area contributed by atoms with Crippen molar-refractivity contribution in [3.05, 3.63) is 35.6 Å². The first kappa shape index (κ1) is 15.0. The second-order valence-corrected chi connectivity index (χ2v) is 6.37. The van der Waals surface area contributed by atoms with Gasteiger partial charge >= 0.3 is 0 Å². The molecule has 4 nitrogen and oxygen atoms in total. The number of benzene rings is 1. The van der Waals surface area contributed by atoms with Gasteiger partial charge in [-0.2, -0.15) is 0 Å². The van der Waals surface area contributed by atoms with E-state index in [1.54, 1.807) is 12.1 Å². The third-order valence-corrected chi connectivity index (χ3v) is 5.12. The summed E-state index contributed by atoms with van der Waals surface area (Å²) in [7, 11) is 0. The van der Waals surface area contributed by atoms with Gasteiger partial charge in [0.2, 0.25) is 5.91 Å². The van der Waals surface area contributed by atoms with Crippen LogP contribution >= 0.6 is 0 Å². The Hall–Kier alpha value is -1.91. The molecule has 22 heavy (non-hydrogen) atoms. The maximum atomic E-state index is 12.8. The molecule has 0 aliphatic heterocycles. The fourth-order valence-electron chi connectivity index (χ4n) is 4.11. The summed E-state index contributed by atoms with van der Waals surface area (Å²) in [6.07, 6.45) is 3.25. The zero-order chi connectivity index (χ0) is 15.7. The van der Waals surface area contributed by atoms with Gasteiger partial charge in [-0.05, 0) is 55.2 Å². The van der Waals surface area contributed by atoms with E-state index < -0.39 is 17.8 Å². The molecule has 4 atom stereocenters. The number of amides is 1. The Morgan fingerprint density at radius 1 is 1.14 bits per heavy atom. The number of aliphatic carboxylic acids is 1. The largest absolute Gasteiger partial charge is 0.550 e. The number of carboxylic acid groups (broad SMARTS) is 1. The zero-order valence-electron chi connectivity index (χ0n) is 12.3. The fourth-order valence-corrected chi connectivity index (χ4v) is 4.11. The summed E-state index contributed by atoms with van der Waals surface area (Å²) in [6.45, 7) is 0.429. The van der Waals surface area contributed by atoms with Crippen LogP contribution in [0.3, 0.4) is 0 Å². The lowest BCUT2D eigenvalue weighted by atomic mass is 9.78. The molecule has 0 aromatic heterocycles. The van der Waals surface area contributed by atoms with Gasteiger partial charge in [0, 0.05) is 24.3 Å². The number of hydrogen-bond donors (Lipinski definition) is 1. The minimum absolute atomic E-state index is 0.0999. The minimum Gasteiger partial charge on any atom is -0.550 e. The van der Waals surface area contributed by atoms with Crippen LogP contribution < -0.4 is 10.4 Å². The Kier molecular flexibility index (Phi) is 4.14. The normalized spacial score (nSPS) is 29.5. The van der Waals surface area contributed by atoms with E-state index >= 15 is 0 Å². The maximum Gasteiger partial charge on any atom is 0.224 e. The van der Waals surface area contributed by atoms with Crippen LogP contribution in [0.15, 0.2) is 24.3 Å². The lowest BCUT2D eigenvalue weighted by Crippen LogP contribution is -2.46. The molecular weight excluding hydrogens is 285 g/mol. The molecule has 5 heteroatoms. The molecule has 1 aromatic rings. The van der Waals surface area contributed by atoms with Crippen LogP contribution in [0, 0.1) is 29.5 Å². The molecule has 2 saturated carbocycles. The van der Waals surface area contributed by atoms with E-state index in [0.717, 1.165) is 24.8 Å². The van der Waals surface area contributed by atoms with Gasteiger partial charge in [-0.1, -0.05) is 12.1 Å². The first-order chi connectivity index (χ1) is 10.6. The molecule has 1 aromatic carbocycles. The Morgan fingerprint density at radius 2 is 1.77 bits per heavy atom. The highest BCUT2D eigenvalue weighted by molar-refractivity contribution is 5.85.